The van der Waals surface area contributed by atoms with E-state index in [1.54, 1.807) is 12.1 Å². The number of primary amides is 1. The molecule has 1 aromatic carbocycles. The number of nitrogens with two attached hydrogens (primary N) is 1. The molecule has 4 N–H and O–H groups in total. The number of carbonyl (C=O) groups is 1. The summed E-state index contributed by atoms with van der Waals surface area (Å²) in [6.45, 7) is 0. The zero-order chi connectivity index (χ0) is 16.2. The lowest BCUT2D eigenvalue weighted by molar-refractivity contribution is -0.118. The predicted molar refractivity (Wildman–Crippen MR) is 85.0 cm³/mol. The van der Waals surface area contributed by atoms with E-state index in [1.807, 2.05) is 30.3 Å². The summed E-state index contributed by atoms with van der Waals surface area (Å²) in [4.78, 5) is 23.7. The number of hydrogen-bond donors (Lipinski definition) is 3. The van der Waals surface area contributed by atoms with Crippen molar-refractivity contribution in [1.82, 2.24) is 10.2 Å². The molecule has 0 fully saturated rings. The molecule has 6 heteroatoms. The molecule has 0 spiro atoms. The maximum absolute atomic E-state index is 12.3. The van der Waals surface area contributed by atoms with E-state index in [0.29, 0.717) is 17.7 Å². The van der Waals surface area contributed by atoms with Gasteiger partial charge < -0.3 is 15.2 Å². The average molecular weight is 311 g/mol. The molecule has 1 atom stereocenters. The van der Waals surface area contributed by atoms with Crippen LogP contribution in [0.3, 0.4) is 0 Å². The highest BCUT2D eigenvalue weighted by Gasteiger charge is 2.26. The van der Waals surface area contributed by atoms with Crippen LogP contribution in [0.15, 0.2) is 57.9 Å². The van der Waals surface area contributed by atoms with Gasteiger partial charge in [-0.05, 0) is 17.7 Å². The largest absolute Gasteiger partial charge is 0.469 e. The third kappa shape index (κ3) is 3.26. The predicted octanol–water partition coefficient (Wildman–Crippen LogP) is 1.89. The third-order valence-electron chi connectivity index (χ3n) is 3.76. The van der Waals surface area contributed by atoms with Crippen molar-refractivity contribution in [1.29, 1.82) is 0 Å². The van der Waals surface area contributed by atoms with Crippen molar-refractivity contribution in [3.63, 3.8) is 0 Å². The van der Waals surface area contributed by atoms with Crippen molar-refractivity contribution in [2.24, 2.45) is 5.73 Å². The Bertz CT molecular complexity index is 832. The number of aromatic nitrogens is 2. The highest BCUT2D eigenvalue weighted by Crippen LogP contribution is 2.28. The van der Waals surface area contributed by atoms with E-state index in [-0.39, 0.29) is 12.0 Å². The number of nitrogens with one attached hydrogen (secondary N) is 2. The van der Waals surface area contributed by atoms with Crippen molar-refractivity contribution < 1.29 is 9.21 Å². The summed E-state index contributed by atoms with van der Waals surface area (Å²) in [5, 5.41) is 5.51. The van der Waals surface area contributed by atoms with Gasteiger partial charge >= 0.3 is 0 Å². The number of rotatable bonds is 6. The first-order valence-electron chi connectivity index (χ1n) is 7.30. The van der Waals surface area contributed by atoms with Crippen LogP contribution in [0.25, 0.3) is 0 Å². The summed E-state index contributed by atoms with van der Waals surface area (Å²) < 4.78 is 5.41. The Kier molecular flexibility index (Phi) is 4.14. The Labute approximate surface area is 132 Å². The Hall–Kier alpha value is -3.02. The Morgan fingerprint density at radius 2 is 1.91 bits per heavy atom. The van der Waals surface area contributed by atoms with Gasteiger partial charge in [0.1, 0.15) is 5.76 Å². The van der Waals surface area contributed by atoms with Crippen LogP contribution in [-0.2, 0) is 11.2 Å². The van der Waals surface area contributed by atoms with Crippen LogP contribution < -0.4 is 11.3 Å². The lowest BCUT2D eigenvalue weighted by atomic mass is 9.91. The molecule has 0 aliphatic carbocycles. The molecular formula is C17H17N3O3. The maximum atomic E-state index is 12.3. The van der Waals surface area contributed by atoms with Crippen LogP contribution in [0.1, 0.15) is 34.9 Å². The van der Waals surface area contributed by atoms with Crippen LogP contribution in [-0.4, -0.2) is 16.1 Å². The van der Waals surface area contributed by atoms with Gasteiger partial charge in [-0.25, -0.2) is 0 Å². The summed E-state index contributed by atoms with van der Waals surface area (Å²) in [6.07, 6.45) is 2.07. The minimum absolute atomic E-state index is 0.0102. The fourth-order valence-electron chi connectivity index (χ4n) is 2.75. The van der Waals surface area contributed by atoms with Gasteiger partial charge in [-0.3, -0.25) is 14.7 Å². The number of aromatic amines is 2. The van der Waals surface area contributed by atoms with Crippen molar-refractivity contribution in [3.8, 4) is 0 Å². The summed E-state index contributed by atoms with van der Waals surface area (Å²) in [5.41, 5.74) is 7.36. The second-order valence-corrected chi connectivity index (χ2v) is 5.37. The minimum atomic E-state index is -0.504. The first kappa shape index (κ1) is 14.9. The number of amides is 1. The smallest absolute Gasteiger partial charge is 0.268 e. The molecule has 0 bridgehead atoms. The van der Waals surface area contributed by atoms with Gasteiger partial charge in [0.15, 0.2) is 0 Å². The van der Waals surface area contributed by atoms with Crippen molar-refractivity contribution in [3.05, 3.63) is 81.7 Å². The molecule has 2 aromatic heterocycles. The second-order valence-electron chi connectivity index (χ2n) is 5.37. The van der Waals surface area contributed by atoms with Gasteiger partial charge in [-0.2, -0.15) is 0 Å². The lowest BCUT2D eigenvalue weighted by Gasteiger charge is -2.12. The second kappa shape index (κ2) is 6.39. The first-order chi connectivity index (χ1) is 11.1. The van der Waals surface area contributed by atoms with Gasteiger partial charge in [0, 0.05) is 18.5 Å². The monoisotopic (exact) mass is 311 g/mol. The van der Waals surface area contributed by atoms with Crippen LogP contribution in [0.4, 0.5) is 0 Å². The number of benzene rings is 1. The zero-order valence-electron chi connectivity index (χ0n) is 12.4. The summed E-state index contributed by atoms with van der Waals surface area (Å²) in [5.74, 6) is -0.447. The standard InChI is InChI=1S/C17H17N3O3/c18-15(21)10-12(14-7-4-8-23-14)16-13(19-20-17(16)22)9-11-5-2-1-3-6-11/h1-8,12H,9-10H2,(H2,18,21)(H2,19,20,22)/t12-/m0/s1. The molecule has 0 aliphatic heterocycles. The molecule has 23 heavy (non-hydrogen) atoms. The SMILES string of the molecule is NC(=O)C[C@@H](c1ccco1)c1c(Cc2ccccc2)[nH][nH]c1=O. The van der Waals surface area contributed by atoms with Crippen LogP contribution in [0, 0.1) is 0 Å². The molecule has 3 rings (SSSR count). The van der Waals surface area contributed by atoms with E-state index in [1.165, 1.54) is 6.26 Å². The molecule has 2 heterocycles. The lowest BCUT2D eigenvalue weighted by Crippen LogP contribution is -2.20. The normalized spacial score (nSPS) is 12.2. The molecule has 3 aromatic rings. The van der Waals surface area contributed by atoms with Crippen LogP contribution in [0.2, 0.25) is 0 Å². The number of hydrogen-bond acceptors (Lipinski definition) is 3. The van der Waals surface area contributed by atoms with Gasteiger partial charge in [0.25, 0.3) is 5.56 Å². The summed E-state index contributed by atoms with van der Waals surface area (Å²) in [6, 6.07) is 13.2. The molecule has 0 unspecified atom stereocenters. The highest BCUT2D eigenvalue weighted by atomic mass is 16.3. The van der Waals surface area contributed by atoms with Gasteiger partial charge in [-0.1, -0.05) is 30.3 Å². The van der Waals surface area contributed by atoms with Gasteiger partial charge in [0.05, 0.1) is 17.7 Å². The molecular weight excluding hydrogens is 294 g/mol. The van der Waals surface area contributed by atoms with E-state index in [0.717, 1.165) is 11.3 Å². The zero-order valence-corrected chi connectivity index (χ0v) is 12.4. The van der Waals surface area contributed by atoms with Crippen molar-refractivity contribution in [2.75, 3.05) is 0 Å². The van der Waals surface area contributed by atoms with Crippen LogP contribution in [0.5, 0.6) is 0 Å². The van der Waals surface area contributed by atoms with E-state index in [4.69, 9.17) is 10.2 Å². The highest BCUT2D eigenvalue weighted by molar-refractivity contribution is 5.75. The number of H-pyrrole nitrogens is 2. The van der Waals surface area contributed by atoms with E-state index < -0.39 is 11.8 Å². The quantitative estimate of drug-likeness (QED) is 0.647. The van der Waals surface area contributed by atoms with E-state index >= 15 is 0 Å². The number of carbonyl (C=O) groups excluding carboxylic acids is 1. The van der Waals surface area contributed by atoms with Gasteiger partial charge in [-0.15, -0.1) is 0 Å². The fourth-order valence-corrected chi connectivity index (χ4v) is 2.75. The van der Waals surface area contributed by atoms with E-state index in [2.05, 4.69) is 10.2 Å². The Balaban J connectivity index is 2.01. The molecule has 0 aliphatic rings. The first-order valence-corrected chi connectivity index (χ1v) is 7.30. The maximum Gasteiger partial charge on any atom is 0.268 e. The third-order valence-corrected chi connectivity index (χ3v) is 3.76. The Morgan fingerprint density at radius 3 is 2.57 bits per heavy atom. The van der Waals surface area contributed by atoms with Gasteiger partial charge in [0.2, 0.25) is 5.91 Å². The molecule has 6 nitrogen and oxygen atoms in total. The molecule has 0 saturated carbocycles. The van der Waals surface area contributed by atoms with Crippen molar-refractivity contribution >= 4 is 5.91 Å². The summed E-state index contributed by atoms with van der Waals surface area (Å²) in [7, 11) is 0. The Morgan fingerprint density at radius 1 is 1.13 bits per heavy atom. The molecule has 118 valence electrons. The average Bonchev–Trinajstić information content (AvgIpc) is 3.17. The molecule has 0 saturated heterocycles. The van der Waals surface area contributed by atoms with E-state index in [9.17, 15) is 9.59 Å². The topological polar surface area (TPSA) is 105 Å². The van der Waals surface area contributed by atoms with Crippen molar-refractivity contribution in [2.45, 2.75) is 18.8 Å². The fraction of sp³-hybridized carbons (Fsp3) is 0.176. The number of furan rings is 1. The molecule has 1 amide bonds. The van der Waals surface area contributed by atoms with Crippen LogP contribution >= 0.6 is 0 Å². The summed E-state index contributed by atoms with van der Waals surface area (Å²) >= 11 is 0. The molecule has 0 radical (unpaired) electrons. The minimum Gasteiger partial charge on any atom is -0.469 e.